The molecule has 0 N–H and O–H groups in total. The van der Waals surface area contributed by atoms with Crippen LogP contribution in [0.5, 0.6) is 0 Å². The number of aromatic nitrogens is 4. The zero-order valence-corrected chi connectivity index (χ0v) is 24.7. The van der Waals surface area contributed by atoms with Crippen LogP contribution in [0.15, 0.2) is 116 Å². The molecule has 2 aromatic heterocycles. The van der Waals surface area contributed by atoms with Crippen LogP contribution in [0.2, 0.25) is 0 Å². The van der Waals surface area contributed by atoms with Crippen LogP contribution in [0, 0.1) is 6.92 Å². The summed E-state index contributed by atoms with van der Waals surface area (Å²) in [5.74, 6) is -0.293. The van der Waals surface area contributed by atoms with Crippen molar-refractivity contribution in [1.29, 1.82) is 0 Å². The van der Waals surface area contributed by atoms with Crippen LogP contribution in [0.25, 0.3) is 11.8 Å². The molecule has 2 amide bonds. The van der Waals surface area contributed by atoms with Crippen molar-refractivity contribution in [2.75, 3.05) is 6.54 Å². The molecule has 1 aliphatic rings. The number of nitrogens with zero attached hydrogens (tertiary/aromatic N) is 6. The first-order valence-electron chi connectivity index (χ1n) is 14.8. The molecule has 8 nitrogen and oxygen atoms in total. The lowest BCUT2D eigenvalue weighted by atomic mass is 9.97. The number of carbonyl (C=O) groups is 2. The van der Waals surface area contributed by atoms with Gasteiger partial charge in [0.25, 0.3) is 0 Å². The molecular weight excluding hydrogens is 548 g/mol. The highest BCUT2D eigenvalue weighted by Gasteiger charge is 2.34. The molecule has 0 aliphatic carbocycles. The standard InChI is InChI=1S/C36H34N6O2/c1-27-11-12-29(22-38-27)15-18-35(43)41(23-30-13-16-33(17-14-30)42-26-37-25-39-42)34(21-28-7-3-2-4-8-28)36(44)40-20-19-31-9-5-6-10-32(31)24-40/h2-18,22,25-26,34H,19-21,23-24H2,1H3. The Labute approximate surface area is 257 Å². The molecule has 3 heterocycles. The van der Waals surface area contributed by atoms with E-state index in [1.54, 1.807) is 34.3 Å². The van der Waals surface area contributed by atoms with Gasteiger partial charge in [0.05, 0.1) is 5.69 Å². The Hall–Kier alpha value is -5.37. The summed E-state index contributed by atoms with van der Waals surface area (Å²) in [6.45, 7) is 3.33. The monoisotopic (exact) mass is 582 g/mol. The quantitative estimate of drug-likeness (QED) is 0.223. The molecule has 0 spiro atoms. The average Bonchev–Trinajstić information content (AvgIpc) is 3.61. The summed E-state index contributed by atoms with van der Waals surface area (Å²) in [7, 11) is 0. The summed E-state index contributed by atoms with van der Waals surface area (Å²) >= 11 is 0. The lowest BCUT2D eigenvalue weighted by molar-refractivity contribution is -0.144. The van der Waals surface area contributed by atoms with Crippen molar-refractivity contribution in [1.82, 2.24) is 29.5 Å². The minimum Gasteiger partial charge on any atom is -0.336 e. The summed E-state index contributed by atoms with van der Waals surface area (Å²) in [5, 5.41) is 4.21. The number of fused-ring (bicyclic) bond motifs is 1. The van der Waals surface area contributed by atoms with Crippen molar-refractivity contribution in [3.05, 3.63) is 149 Å². The van der Waals surface area contributed by atoms with Crippen LogP contribution >= 0.6 is 0 Å². The summed E-state index contributed by atoms with van der Waals surface area (Å²) in [4.78, 5) is 40.5. The maximum absolute atomic E-state index is 14.4. The van der Waals surface area contributed by atoms with Crippen molar-refractivity contribution >= 4 is 17.9 Å². The van der Waals surface area contributed by atoms with Gasteiger partial charge >= 0.3 is 0 Å². The van der Waals surface area contributed by atoms with Crippen molar-refractivity contribution in [3.63, 3.8) is 0 Å². The van der Waals surface area contributed by atoms with E-state index in [9.17, 15) is 9.59 Å². The minimum atomic E-state index is -0.703. The molecule has 220 valence electrons. The second-order valence-electron chi connectivity index (χ2n) is 11.0. The lowest BCUT2D eigenvalue weighted by Gasteiger charge is -2.37. The van der Waals surface area contributed by atoms with Crippen LogP contribution in [0.4, 0.5) is 0 Å². The van der Waals surface area contributed by atoms with Crippen LogP contribution < -0.4 is 0 Å². The van der Waals surface area contributed by atoms with Crippen LogP contribution in [-0.4, -0.2) is 53.9 Å². The summed E-state index contributed by atoms with van der Waals surface area (Å²) in [6, 6.07) is 29.1. The van der Waals surface area contributed by atoms with E-state index < -0.39 is 6.04 Å². The largest absolute Gasteiger partial charge is 0.336 e. The number of benzene rings is 3. The van der Waals surface area contributed by atoms with Gasteiger partial charge in [0, 0.05) is 44.0 Å². The molecule has 44 heavy (non-hydrogen) atoms. The minimum absolute atomic E-state index is 0.0543. The molecule has 1 unspecified atom stereocenters. The fraction of sp³-hybridized carbons (Fsp3) is 0.194. The van der Waals surface area contributed by atoms with Crippen molar-refractivity contribution < 1.29 is 9.59 Å². The topological polar surface area (TPSA) is 84.2 Å². The molecule has 0 saturated carbocycles. The van der Waals surface area contributed by atoms with E-state index in [1.807, 2.05) is 90.7 Å². The Morgan fingerprint density at radius 2 is 1.68 bits per heavy atom. The van der Waals surface area contributed by atoms with E-state index in [0.29, 0.717) is 19.5 Å². The lowest BCUT2D eigenvalue weighted by Crippen LogP contribution is -2.52. The second-order valence-corrected chi connectivity index (χ2v) is 11.0. The number of rotatable bonds is 9. The highest BCUT2D eigenvalue weighted by molar-refractivity contribution is 5.95. The Bertz CT molecular complexity index is 1730. The molecule has 0 radical (unpaired) electrons. The Balaban J connectivity index is 1.34. The highest BCUT2D eigenvalue weighted by atomic mass is 16.2. The first kappa shape index (κ1) is 28.7. The molecule has 3 aromatic carbocycles. The summed E-state index contributed by atoms with van der Waals surface area (Å²) < 4.78 is 1.68. The molecule has 0 saturated heterocycles. The van der Waals surface area contributed by atoms with E-state index in [-0.39, 0.29) is 18.4 Å². The first-order chi connectivity index (χ1) is 21.5. The zero-order valence-electron chi connectivity index (χ0n) is 24.7. The maximum atomic E-state index is 14.4. The van der Waals surface area contributed by atoms with Crippen molar-refractivity contribution in [3.8, 4) is 5.69 Å². The molecule has 0 bridgehead atoms. The third-order valence-corrected chi connectivity index (χ3v) is 7.98. The predicted octanol–water partition coefficient (Wildman–Crippen LogP) is 5.21. The first-order valence-corrected chi connectivity index (χ1v) is 14.8. The number of pyridine rings is 1. The Morgan fingerprint density at radius 3 is 2.41 bits per heavy atom. The highest BCUT2D eigenvalue weighted by Crippen LogP contribution is 2.23. The van der Waals surface area contributed by atoms with Crippen LogP contribution in [-0.2, 0) is 35.5 Å². The molecule has 8 heteroatoms. The van der Waals surface area contributed by atoms with Gasteiger partial charge in [0.15, 0.2) is 0 Å². The SMILES string of the molecule is Cc1ccc(C=CC(=O)N(Cc2ccc(-n3cncn3)cc2)C(Cc2ccccc2)C(=O)N2CCc3ccccc3C2)cn1. The van der Waals surface area contributed by atoms with E-state index in [4.69, 9.17) is 0 Å². The number of hydrogen-bond donors (Lipinski definition) is 0. The molecule has 1 atom stereocenters. The van der Waals surface area contributed by atoms with E-state index >= 15 is 0 Å². The number of carbonyl (C=O) groups excluding carboxylic acids is 2. The Morgan fingerprint density at radius 1 is 0.909 bits per heavy atom. The molecular formula is C36H34N6O2. The maximum Gasteiger partial charge on any atom is 0.247 e. The predicted molar refractivity (Wildman–Crippen MR) is 169 cm³/mol. The third-order valence-electron chi connectivity index (χ3n) is 7.98. The van der Waals surface area contributed by atoms with Gasteiger partial charge in [-0.05, 0) is 65.4 Å². The smallest absolute Gasteiger partial charge is 0.247 e. The average molecular weight is 583 g/mol. The van der Waals surface area contributed by atoms with Gasteiger partial charge in [0.2, 0.25) is 11.8 Å². The summed E-state index contributed by atoms with van der Waals surface area (Å²) in [5.41, 5.74) is 6.90. The second kappa shape index (κ2) is 13.3. The van der Waals surface area contributed by atoms with Gasteiger partial charge < -0.3 is 9.80 Å². The van der Waals surface area contributed by atoms with Gasteiger partial charge in [-0.25, -0.2) is 9.67 Å². The van der Waals surface area contributed by atoms with E-state index in [1.165, 1.54) is 11.9 Å². The fourth-order valence-corrected chi connectivity index (χ4v) is 5.54. The number of amides is 2. The van der Waals surface area contributed by atoms with Crippen molar-refractivity contribution in [2.45, 2.75) is 38.9 Å². The van der Waals surface area contributed by atoms with E-state index in [2.05, 4.69) is 27.2 Å². The number of hydrogen-bond acceptors (Lipinski definition) is 5. The molecule has 1 aliphatic heterocycles. The Kier molecular flexibility index (Phi) is 8.68. The van der Waals surface area contributed by atoms with E-state index in [0.717, 1.165) is 40.1 Å². The van der Waals surface area contributed by atoms with Gasteiger partial charge in [-0.1, -0.05) is 72.8 Å². The normalized spacial score (nSPS) is 13.4. The summed E-state index contributed by atoms with van der Waals surface area (Å²) in [6.07, 6.45) is 9.37. The van der Waals surface area contributed by atoms with Crippen LogP contribution in [0.3, 0.4) is 0 Å². The fourth-order valence-electron chi connectivity index (χ4n) is 5.54. The van der Waals surface area contributed by atoms with Crippen LogP contribution in [0.1, 0.15) is 33.5 Å². The van der Waals surface area contributed by atoms with Crippen molar-refractivity contribution in [2.24, 2.45) is 0 Å². The van der Waals surface area contributed by atoms with Gasteiger partial charge in [0.1, 0.15) is 18.7 Å². The molecule has 0 fully saturated rings. The third kappa shape index (κ3) is 6.81. The van der Waals surface area contributed by atoms with Gasteiger partial charge in [-0.15, -0.1) is 0 Å². The van der Waals surface area contributed by atoms with Gasteiger partial charge in [-0.3, -0.25) is 14.6 Å². The molecule has 5 aromatic rings. The zero-order chi connectivity index (χ0) is 30.3. The molecule has 6 rings (SSSR count). The van der Waals surface area contributed by atoms with Gasteiger partial charge in [-0.2, -0.15) is 5.10 Å². The number of aryl methyl sites for hydroxylation is 1.